The van der Waals surface area contributed by atoms with E-state index in [1.165, 1.54) is 5.56 Å². The van der Waals surface area contributed by atoms with Gasteiger partial charge < -0.3 is 16.0 Å². The van der Waals surface area contributed by atoms with Gasteiger partial charge in [-0.1, -0.05) is 26.0 Å². The van der Waals surface area contributed by atoms with Crippen LogP contribution in [0.4, 0.5) is 5.69 Å². The highest BCUT2D eigenvalue weighted by Gasteiger charge is 2.10. The minimum absolute atomic E-state index is 0.0189. The Morgan fingerprint density at radius 1 is 1.18 bits per heavy atom. The van der Waals surface area contributed by atoms with E-state index in [0.29, 0.717) is 13.1 Å². The van der Waals surface area contributed by atoms with E-state index >= 15 is 0 Å². The molecule has 0 aliphatic heterocycles. The first-order chi connectivity index (χ1) is 13.3. The summed E-state index contributed by atoms with van der Waals surface area (Å²) in [5.74, 6) is 0.748. The van der Waals surface area contributed by atoms with E-state index in [-0.39, 0.29) is 11.8 Å². The first-order valence-electron chi connectivity index (χ1n) is 9.72. The van der Waals surface area contributed by atoms with E-state index in [4.69, 9.17) is 0 Å². The Bertz CT molecular complexity index is 820. The molecule has 1 amide bonds. The van der Waals surface area contributed by atoms with Crippen molar-refractivity contribution in [1.82, 2.24) is 20.4 Å². The average Bonchev–Trinajstić information content (AvgIpc) is 2.90. The zero-order valence-corrected chi connectivity index (χ0v) is 17.8. The van der Waals surface area contributed by atoms with Crippen LogP contribution in [0.15, 0.2) is 29.3 Å². The van der Waals surface area contributed by atoms with E-state index in [9.17, 15) is 4.79 Å². The van der Waals surface area contributed by atoms with Gasteiger partial charge in [-0.3, -0.25) is 9.48 Å². The maximum Gasteiger partial charge on any atom is 0.226 e. The van der Waals surface area contributed by atoms with Crippen molar-refractivity contribution in [2.45, 2.75) is 47.7 Å². The summed E-state index contributed by atoms with van der Waals surface area (Å²) in [6.45, 7) is 11.9. The SMILES string of the molecule is CCNC(=NCc1ccc(NC(=O)C(C)C)cc1)NCc1c(C)nn(C)c1C. The average molecular weight is 385 g/mol. The number of amides is 1. The van der Waals surface area contributed by atoms with Crippen molar-refractivity contribution >= 4 is 17.6 Å². The molecule has 0 bridgehead atoms. The Hall–Kier alpha value is -2.83. The zero-order chi connectivity index (χ0) is 20.7. The van der Waals surface area contributed by atoms with Crippen LogP contribution in [-0.2, 0) is 24.9 Å². The summed E-state index contributed by atoms with van der Waals surface area (Å²) >= 11 is 0. The molecule has 0 radical (unpaired) electrons. The van der Waals surface area contributed by atoms with Gasteiger partial charge in [-0.25, -0.2) is 4.99 Å². The van der Waals surface area contributed by atoms with Crippen LogP contribution in [0.1, 0.15) is 43.3 Å². The van der Waals surface area contributed by atoms with Gasteiger partial charge in [-0.15, -0.1) is 0 Å². The Morgan fingerprint density at radius 3 is 2.39 bits per heavy atom. The second-order valence-electron chi connectivity index (χ2n) is 7.16. The van der Waals surface area contributed by atoms with Crippen molar-refractivity contribution < 1.29 is 4.79 Å². The van der Waals surface area contributed by atoms with Gasteiger partial charge in [0.15, 0.2) is 5.96 Å². The number of nitrogens with zero attached hydrogens (tertiary/aromatic N) is 3. The number of aryl methyl sites for hydroxylation is 2. The van der Waals surface area contributed by atoms with Crippen molar-refractivity contribution in [1.29, 1.82) is 0 Å². The third-order valence-corrected chi connectivity index (χ3v) is 4.60. The molecule has 0 saturated carbocycles. The predicted molar refractivity (Wildman–Crippen MR) is 114 cm³/mol. The summed E-state index contributed by atoms with van der Waals surface area (Å²) < 4.78 is 1.90. The van der Waals surface area contributed by atoms with E-state index < -0.39 is 0 Å². The highest BCUT2D eigenvalue weighted by Crippen LogP contribution is 2.13. The number of carbonyl (C=O) groups is 1. The van der Waals surface area contributed by atoms with Gasteiger partial charge in [0.25, 0.3) is 0 Å². The second kappa shape index (κ2) is 9.92. The first kappa shape index (κ1) is 21.5. The van der Waals surface area contributed by atoms with E-state index in [1.54, 1.807) is 0 Å². The summed E-state index contributed by atoms with van der Waals surface area (Å²) in [4.78, 5) is 16.4. The molecular formula is C21H32N6O. The van der Waals surface area contributed by atoms with E-state index in [1.807, 2.05) is 63.7 Å². The molecule has 2 aromatic rings. The van der Waals surface area contributed by atoms with Crippen LogP contribution < -0.4 is 16.0 Å². The maximum atomic E-state index is 11.8. The number of rotatable bonds is 7. The lowest BCUT2D eigenvalue weighted by Gasteiger charge is -2.12. The smallest absolute Gasteiger partial charge is 0.226 e. The number of hydrogen-bond donors (Lipinski definition) is 3. The van der Waals surface area contributed by atoms with E-state index in [0.717, 1.165) is 35.1 Å². The molecule has 1 aromatic heterocycles. The molecule has 7 heteroatoms. The third-order valence-electron chi connectivity index (χ3n) is 4.60. The summed E-state index contributed by atoms with van der Waals surface area (Å²) in [6, 6.07) is 7.79. The van der Waals surface area contributed by atoms with E-state index in [2.05, 4.69) is 33.0 Å². The monoisotopic (exact) mass is 384 g/mol. The lowest BCUT2D eigenvalue weighted by molar-refractivity contribution is -0.118. The minimum atomic E-state index is -0.0369. The molecule has 0 spiro atoms. The molecule has 0 aliphatic rings. The molecule has 0 aliphatic carbocycles. The number of aromatic nitrogens is 2. The summed E-state index contributed by atoms with van der Waals surface area (Å²) in [5, 5.41) is 14.0. The van der Waals surface area contributed by atoms with Crippen LogP contribution in [0.3, 0.4) is 0 Å². The number of benzene rings is 1. The normalized spacial score (nSPS) is 11.6. The third kappa shape index (κ3) is 5.84. The van der Waals surface area contributed by atoms with Crippen LogP contribution in [-0.4, -0.2) is 28.2 Å². The first-order valence-corrected chi connectivity index (χ1v) is 9.72. The lowest BCUT2D eigenvalue weighted by atomic mass is 10.1. The van der Waals surface area contributed by atoms with Gasteiger partial charge in [-0.05, 0) is 38.5 Å². The molecule has 1 aromatic carbocycles. The second-order valence-corrected chi connectivity index (χ2v) is 7.16. The fourth-order valence-electron chi connectivity index (χ4n) is 2.74. The van der Waals surface area contributed by atoms with Crippen LogP contribution >= 0.6 is 0 Å². The molecule has 28 heavy (non-hydrogen) atoms. The molecule has 1 heterocycles. The molecule has 2 rings (SSSR count). The molecule has 0 fully saturated rings. The number of guanidine groups is 1. The fourth-order valence-corrected chi connectivity index (χ4v) is 2.74. The van der Waals surface area contributed by atoms with Crippen molar-refractivity contribution in [3.8, 4) is 0 Å². The summed E-state index contributed by atoms with van der Waals surface area (Å²) in [7, 11) is 1.96. The molecule has 0 unspecified atom stereocenters. The molecule has 152 valence electrons. The molecule has 3 N–H and O–H groups in total. The quantitative estimate of drug-likeness (QED) is 0.506. The Kier molecular flexibility index (Phi) is 7.61. The van der Waals surface area contributed by atoms with Crippen molar-refractivity contribution in [3.05, 3.63) is 46.8 Å². The van der Waals surface area contributed by atoms with Crippen LogP contribution in [0.2, 0.25) is 0 Å². The minimum Gasteiger partial charge on any atom is -0.357 e. The maximum absolute atomic E-state index is 11.8. The van der Waals surface area contributed by atoms with Crippen LogP contribution in [0.5, 0.6) is 0 Å². The molecule has 7 nitrogen and oxygen atoms in total. The van der Waals surface area contributed by atoms with Gasteiger partial charge in [0.2, 0.25) is 5.91 Å². The zero-order valence-electron chi connectivity index (χ0n) is 17.8. The van der Waals surface area contributed by atoms with Crippen LogP contribution in [0, 0.1) is 19.8 Å². The predicted octanol–water partition coefficient (Wildman–Crippen LogP) is 2.89. The topological polar surface area (TPSA) is 83.3 Å². The Balaban J connectivity index is 1.99. The van der Waals surface area contributed by atoms with Gasteiger partial charge in [0, 0.05) is 43.0 Å². The van der Waals surface area contributed by atoms with Gasteiger partial charge in [0.1, 0.15) is 0 Å². The number of aliphatic imine (C=N–C) groups is 1. The summed E-state index contributed by atoms with van der Waals surface area (Å²) in [5.41, 5.74) is 5.26. The Labute approximate surface area is 167 Å². The van der Waals surface area contributed by atoms with Crippen molar-refractivity contribution in [2.75, 3.05) is 11.9 Å². The largest absolute Gasteiger partial charge is 0.357 e. The van der Waals surface area contributed by atoms with Crippen molar-refractivity contribution in [3.63, 3.8) is 0 Å². The molecule has 0 atom stereocenters. The number of carbonyl (C=O) groups excluding carboxylic acids is 1. The number of anilines is 1. The fraction of sp³-hybridized carbons (Fsp3) is 0.476. The highest BCUT2D eigenvalue weighted by molar-refractivity contribution is 5.92. The van der Waals surface area contributed by atoms with Gasteiger partial charge >= 0.3 is 0 Å². The Morgan fingerprint density at radius 2 is 1.86 bits per heavy atom. The molecular weight excluding hydrogens is 352 g/mol. The van der Waals surface area contributed by atoms with Crippen molar-refractivity contribution in [2.24, 2.45) is 18.0 Å². The number of hydrogen-bond acceptors (Lipinski definition) is 3. The van der Waals surface area contributed by atoms with Gasteiger partial charge in [0.05, 0.1) is 12.2 Å². The lowest BCUT2D eigenvalue weighted by Crippen LogP contribution is -2.37. The summed E-state index contributed by atoms with van der Waals surface area (Å²) in [6.07, 6.45) is 0. The standard InChI is InChI=1S/C21H32N6O/c1-7-22-21(24-13-19-15(4)26-27(6)16(19)5)23-12-17-8-10-18(11-9-17)25-20(28)14(2)3/h8-11,14H,7,12-13H2,1-6H3,(H,25,28)(H2,22,23,24). The van der Waals surface area contributed by atoms with Gasteiger partial charge in [-0.2, -0.15) is 5.10 Å². The molecule has 0 saturated heterocycles. The van der Waals surface area contributed by atoms with Crippen LogP contribution in [0.25, 0.3) is 0 Å². The number of nitrogens with one attached hydrogen (secondary N) is 3. The highest BCUT2D eigenvalue weighted by atomic mass is 16.1.